The number of aliphatic hydroxyl groups is 1. The van der Waals surface area contributed by atoms with Gasteiger partial charge in [-0.3, -0.25) is 4.79 Å². The van der Waals surface area contributed by atoms with Gasteiger partial charge in [0, 0.05) is 23.9 Å². The molecule has 1 atom stereocenters. The molecule has 0 heterocycles. The number of carbonyl (C=O) groups is 1. The van der Waals surface area contributed by atoms with Crippen LogP contribution in [0.4, 0.5) is 5.69 Å². The Morgan fingerprint density at radius 1 is 1.38 bits per heavy atom. The van der Waals surface area contributed by atoms with E-state index in [1.165, 1.54) is 0 Å². The smallest absolute Gasteiger partial charge is 0.323 e. The SMILES string of the molecule is CCCCOCC(O)CN(CC(=O)O)c1ccc(Cl)cc1. The number of hydrogen-bond acceptors (Lipinski definition) is 4. The lowest BCUT2D eigenvalue weighted by Crippen LogP contribution is -2.38. The summed E-state index contributed by atoms with van der Waals surface area (Å²) in [5, 5.41) is 19.5. The minimum atomic E-state index is -0.955. The predicted molar refractivity (Wildman–Crippen MR) is 83.0 cm³/mol. The maximum Gasteiger partial charge on any atom is 0.323 e. The van der Waals surface area contributed by atoms with E-state index in [1.54, 1.807) is 29.2 Å². The Hall–Kier alpha value is -1.30. The molecule has 0 bridgehead atoms. The van der Waals surface area contributed by atoms with Crippen LogP contribution in [0.1, 0.15) is 19.8 Å². The van der Waals surface area contributed by atoms with Crippen LogP contribution in [-0.2, 0) is 9.53 Å². The van der Waals surface area contributed by atoms with Gasteiger partial charge < -0.3 is 19.8 Å². The van der Waals surface area contributed by atoms with Gasteiger partial charge in [0.25, 0.3) is 0 Å². The lowest BCUT2D eigenvalue weighted by Gasteiger charge is -2.25. The molecule has 0 saturated carbocycles. The maximum absolute atomic E-state index is 11.0. The van der Waals surface area contributed by atoms with E-state index in [2.05, 4.69) is 6.92 Å². The highest BCUT2D eigenvalue weighted by atomic mass is 35.5. The van der Waals surface area contributed by atoms with Gasteiger partial charge in [-0.05, 0) is 30.7 Å². The molecule has 0 spiro atoms. The van der Waals surface area contributed by atoms with E-state index in [-0.39, 0.29) is 19.7 Å². The van der Waals surface area contributed by atoms with Gasteiger partial charge in [-0.15, -0.1) is 0 Å². The van der Waals surface area contributed by atoms with Gasteiger partial charge in [0.2, 0.25) is 0 Å². The molecule has 1 aromatic rings. The summed E-state index contributed by atoms with van der Waals surface area (Å²) >= 11 is 5.82. The van der Waals surface area contributed by atoms with Crippen molar-refractivity contribution in [2.24, 2.45) is 0 Å². The summed E-state index contributed by atoms with van der Waals surface area (Å²) in [7, 11) is 0. The largest absolute Gasteiger partial charge is 0.480 e. The van der Waals surface area contributed by atoms with Crippen LogP contribution in [0.25, 0.3) is 0 Å². The van der Waals surface area contributed by atoms with Crippen LogP contribution in [0, 0.1) is 0 Å². The molecule has 0 radical (unpaired) electrons. The van der Waals surface area contributed by atoms with E-state index >= 15 is 0 Å². The number of benzene rings is 1. The maximum atomic E-state index is 11.0. The van der Waals surface area contributed by atoms with Crippen LogP contribution in [0.2, 0.25) is 5.02 Å². The molecule has 1 rings (SSSR count). The average Bonchev–Trinajstić information content (AvgIpc) is 2.43. The van der Waals surface area contributed by atoms with Crippen LogP contribution in [0.15, 0.2) is 24.3 Å². The van der Waals surface area contributed by atoms with Crippen molar-refractivity contribution < 1.29 is 19.7 Å². The number of hydrogen-bond donors (Lipinski definition) is 2. The van der Waals surface area contributed by atoms with Crippen molar-refractivity contribution in [3.63, 3.8) is 0 Å². The highest BCUT2D eigenvalue weighted by molar-refractivity contribution is 6.30. The number of rotatable bonds is 10. The third-order valence-corrected chi connectivity index (χ3v) is 3.15. The number of unbranched alkanes of at least 4 members (excludes halogenated alkanes) is 1. The lowest BCUT2D eigenvalue weighted by atomic mass is 10.2. The van der Waals surface area contributed by atoms with Crippen molar-refractivity contribution in [2.45, 2.75) is 25.9 Å². The second-order valence-corrected chi connectivity index (χ2v) is 5.27. The number of anilines is 1. The lowest BCUT2D eigenvalue weighted by molar-refractivity contribution is -0.135. The van der Waals surface area contributed by atoms with Crippen LogP contribution >= 0.6 is 11.6 Å². The number of aliphatic carboxylic acids is 1. The summed E-state index contributed by atoms with van der Waals surface area (Å²) in [6.07, 6.45) is 1.24. The van der Waals surface area contributed by atoms with E-state index < -0.39 is 12.1 Å². The summed E-state index contributed by atoms with van der Waals surface area (Å²) in [4.78, 5) is 12.5. The number of halogens is 1. The van der Waals surface area contributed by atoms with Gasteiger partial charge in [-0.1, -0.05) is 24.9 Å². The summed E-state index contributed by atoms with van der Waals surface area (Å²) in [6, 6.07) is 6.84. The first-order valence-corrected chi connectivity index (χ1v) is 7.38. The zero-order chi connectivity index (χ0) is 15.7. The molecule has 0 aromatic heterocycles. The summed E-state index contributed by atoms with van der Waals surface area (Å²) in [5.74, 6) is -0.955. The molecule has 0 fully saturated rings. The van der Waals surface area contributed by atoms with Gasteiger partial charge in [0.1, 0.15) is 6.54 Å². The Bertz CT molecular complexity index is 424. The highest BCUT2D eigenvalue weighted by Gasteiger charge is 2.15. The van der Waals surface area contributed by atoms with Crippen molar-refractivity contribution in [3.8, 4) is 0 Å². The standard InChI is InChI=1S/C15H22ClNO4/c1-2-3-8-21-11-14(18)9-17(10-15(19)20)13-6-4-12(16)5-7-13/h4-7,14,18H,2-3,8-11H2,1H3,(H,19,20). The molecule has 6 heteroatoms. The fraction of sp³-hybridized carbons (Fsp3) is 0.533. The molecular formula is C15H22ClNO4. The Kier molecular flexibility index (Phi) is 8.12. The number of carboxylic acids is 1. The molecule has 0 amide bonds. The number of nitrogens with zero attached hydrogens (tertiary/aromatic N) is 1. The van der Waals surface area contributed by atoms with Crippen molar-refractivity contribution in [1.29, 1.82) is 0 Å². The Morgan fingerprint density at radius 3 is 2.62 bits per heavy atom. The molecular weight excluding hydrogens is 294 g/mol. The number of ether oxygens (including phenoxy) is 1. The van der Waals surface area contributed by atoms with Crippen molar-refractivity contribution >= 4 is 23.3 Å². The molecule has 5 nitrogen and oxygen atoms in total. The van der Waals surface area contributed by atoms with E-state index in [0.29, 0.717) is 17.3 Å². The summed E-state index contributed by atoms with van der Waals surface area (Å²) in [5.41, 5.74) is 0.703. The molecule has 118 valence electrons. The minimum absolute atomic E-state index is 0.187. The van der Waals surface area contributed by atoms with Crippen molar-refractivity contribution in [2.75, 3.05) is 31.2 Å². The number of aliphatic hydroxyl groups excluding tert-OH is 1. The fourth-order valence-electron chi connectivity index (χ4n) is 1.85. The summed E-state index contributed by atoms with van der Waals surface area (Å²) < 4.78 is 5.35. The second kappa shape index (κ2) is 9.60. The Labute approximate surface area is 130 Å². The first-order valence-electron chi connectivity index (χ1n) is 7.01. The third kappa shape index (κ3) is 7.32. The van der Waals surface area contributed by atoms with E-state index in [9.17, 15) is 9.90 Å². The third-order valence-electron chi connectivity index (χ3n) is 2.90. The first kappa shape index (κ1) is 17.8. The topological polar surface area (TPSA) is 70.0 Å². The highest BCUT2D eigenvalue weighted by Crippen LogP contribution is 2.18. The fourth-order valence-corrected chi connectivity index (χ4v) is 1.98. The van der Waals surface area contributed by atoms with Gasteiger partial charge >= 0.3 is 5.97 Å². The van der Waals surface area contributed by atoms with E-state index in [0.717, 1.165) is 12.8 Å². The van der Waals surface area contributed by atoms with Crippen LogP contribution in [0.3, 0.4) is 0 Å². The summed E-state index contributed by atoms with van der Waals surface area (Å²) in [6.45, 7) is 2.87. The quantitative estimate of drug-likeness (QED) is 0.649. The molecule has 0 saturated heterocycles. The molecule has 21 heavy (non-hydrogen) atoms. The van der Waals surface area contributed by atoms with E-state index in [4.69, 9.17) is 21.4 Å². The molecule has 0 aliphatic rings. The van der Waals surface area contributed by atoms with Crippen LogP contribution in [-0.4, -0.2) is 48.6 Å². The second-order valence-electron chi connectivity index (χ2n) is 4.83. The Morgan fingerprint density at radius 2 is 2.05 bits per heavy atom. The Balaban J connectivity index is 2.57. The van der Waals surface area contributed by atoms with Crippen LogP contribution in [0.5, 0.6) is 0 Å². The van der Waals surface area contributed by atoms with Gasteiger partial charge in [-0.25, -0.2) is 0 Å². The molecule has 1 aromatic carbocycles. The molecule has 0 aliphatic heterocycles. The van der Waals surface area contributed by atoms with Gasteiger partial charge in [0.15, 0.2) is 0 Å². The van der Waals surface area contributed by atoms with Gasteiger partial charge in [-0.2, -0.15) is 0 Å². The zero-order valence-electron chi connectivity index (χ0n) is 12.2. The van der Waals surface area contributed by atoms with Crippen molar-refractivity contribution in [1.82, 2.24) is 0 Å². The first-order chi connectivity index (χ1) is 10.0. The molecule has 0 aliphatic carbocycles. The van der Waals surface area contributed by atoms with Gasteiger partial charge in [0.05, 0.1) is 12.7 Å². The van der Waals surface area contributed by atoms with E-state index in [1.807, 2.05) is 0 Å². The van der Waals surface area contributed by atoms with Crippen LogP contribution < -0.4 is 4.90 Å². The minimum Gasteiger partial charge on any atom is -0.480 e. The predicted octanol–water partition coefficient (Wildman–Crippen LogP) is 2.41. The zero-order valence-corrected chi connectivity index (χ0v) is 12.9. The molecule has 2 N–H and O–H groups in total. The normalized spacial score (nSPS) is 12.1. The monoisotopic (exact) mass is 315 g/mol. The average molecular weight is 316 g/mol. The van der Waals surface area contributed by atoms with Crippen molar-refractivity contribution in [3.05, 3.63) is 29.3 Å². The molecule has 1 unspecified atom stereocenters. The number of carboxylic acid groups (broad SMARTS) is 1.